The standard InChI is InChI=1S/C22H24N2O7S/c1-5-17-21(14-6-8-15(29-2)9-7-14)32(27,28)24(22(17)26)13-20(25)23-18-12-16(30-3)10-11-19(18)31-4/h6-12H,5,13H2,1-4H3,(H,23,25). The number of carbonyl (C=O) groups excluding carboxylic acids is 2. The molecule has 0 radical (unpaired) electrons. The molecule has 3 rings (SSSR count). The Morgan fingerprint density at radius 3 is 2.16 bits per heavy atom. The van der Waals surface area contributed by atoms with Crippen LogP contribution >= 0.6 is 0 Å². The van der Waals surface area contributed by atoms with Gasteiger partial charge in [0.25, 0.3) is 15.9 Å². The Morgan fingerprint density at radius 1 is 0.969 bits per heavy atom. The van der Waals surface area contributed by atoms with Crippen LogP contribution in [-0.4, -0.2) is 52.4 Å². The summed E-state index contributed by atoms with van der Waals surface area (Å²) in [5.74, 6) is -0.0210. The zero-order valence-electron chi connectivity index (χ0n) is 18.2. The summed E-state index contributed by atoms with van der Waals surface area (Å²) >= 11 is 0. The summed E-state index contributed by atoms with van der Waals surface area (Å²) in [6.45, 7) is 1.02. The summed E-state index contributed by atoms with van der Waals surface area (Å²) < 4.78 is 42.5. The van der Waals surface area contributed by atoms with Crippen LogP contribution in [-0.2, 0) is 19.6 Å². The number of anilines is 1. The summed E-state index contributed by atoms with van der Waals surface area (Å²) in [5, 5.41) is 2.59. The Bertz CT molecular complexity index is 1170. The summed E-state index contributed by atoms with van der Waals surface area (Å²) in [7, 11) is 0.187. The Morgan fingerprint density at radius 2 is 1.59 bits per heavy atom. The van der Waals surface area contributed by atoms with Crippen molar-refractivity contribution in [1.29, 1.82) is 0 Å². The summed E-state index contributed by atoms with van der Waals surface area (Å²) in [6.07, 6.45) is 0.196. The third-order valence-corrected chi connectivity index (χ3v) is 6.85. The maximum Gasteiger partial charge on any atom is 0.268 e. The van der Waals surface area contributed by atoms with Crippen molar-refractivity contribution in [3.05, 3.63) is 53.6 Å². The number of carbonyl (C=O) groups is 2. The van der Waals surface area contributed by atoms with Gasteiger partial charge in [-0.15, -0.1) is 0 Å². The second-order valence-corrected chi connectivity index (χ2v) is 8.62. The van der Waals surface area contributed by atoms with E-state index in [0.717, 1.165) is 0 Å². The molecule has 32 heavy (non-hydrogen) atoms. The number of amides is 2. The maximum absolute atomic E-state index is 13.2. The van der Waals surface area contributed by atoms with Crippen molar-refractivity contribution in [3.8, 4) is 17.2 Å². The molecule has 0 unspecified atom stereocenters. The molecule has 0 saturated carbocycles. The second kappa shape index (κ2) is 9.31. The van der Waals surface area contributed by atoms with Gasteiger partial charge >= 0.3 is 0 Å². The molecule has 2 aromatic rings. The predicted octanol–water partition coefficient (Wildman–Crippen LogP) is 2.64. The van der Waals surface area contributed by atoms with E-state index in [9.17, 15) is 18.0 Å². The fraction of sp³-hybridized carbons (Fsp3) is 0.273. The van der Waals surface area contributed by atoms with Crippen molar-refractivity contribution in [1.82, 2.24) is 4.31 Å². The van der Waals surface area contributed by atoms with Gasteiger partial charge in [-0.2, -0.15) is 0 Å². The number of rotatable bonds is 8. The highest BCUT2D eigenvalue weighted by Gasteiger charge is 2.44. The molecular weight excluding hydrogens is 436 g/mol. The molecular formula is C22H24N2O7S. The molecule has 0 spiro atoms. The van der Waals surface area contributed by atoms with Gasteiger partial charge < -0.3 is 19.5 Å². The molecule has 10 heteroatoms. The molecule has 0 atom stereocenters. The molecule has 0 bridgehead atoms. The van der Waals surface area contributed by atoms with Gasteiger partial charge in [-0.1, -0.05) is 6.92 Å². The first kappa shape index (κ1) is 23.1. The molecule has 0 aliphatic carbocycles. The van der Waals surface area contributed by atoms with Crippen LogP contribution in [0.3, 0.4) is 0 Å². The average molecular weight is 461 g/mol. The first-order valence-corrected chi connectivity index (χ1v) is 11.2. The minimum Gasteiger partial charge on any atom is -0.497 e. The predicted molar refractivity (Wildman–Crippen MR) is 119 cm³/mol. The van der Waals surface area contributed by atoms with Crippen molar-refractivity contribution in [2.75, 3.05) is 33.2 Å². The molecule has 2 aromatic carbocycles. The van der Waals surface area contributed by atoms with E-state index >= 15 is 0 Å². The van der Waals surface area contributed by atoms with Crippen LogP contribution in [0.1, 0.15) is 18.9 Å². The Kier molecular flexibility index (Phi) is 6.73. The summed E-state index contributed by atoms with van der Waals surface area (Å²) in [5.41, 5.74) is 0.773. The van der Waals surface area contributed by atoms with Gasteiger partial charge in [-0.05, 0) is 48.4 Å². The van der Waals surface area contributed by atoms with E-state index in [1.165, 1.54) is 27.4 Å². The van der Waals surface area contributed by atoms with E-state index in [-0.39, 0.29) is 16.9 Å². The van der Waals surface area contributed by atoms with E-state index in [1.807, 2.05) is 0 Å². The number of nitrogens with one attached hydrogen (secondary N) is 1. The lowest BCUT2D eigenvalue weighted by Gasteiger charge is -2.17. The number of methoxy groups -OCH3 is 3. The number of nitrogens with zero attached hydrogens (tertiary/aromatic N) is 1. The zero-order chi connectivity index (χ0) is 23.5. The van der Waals surface area contributed by atoms with Gasteiger partial charge in [0.05, 0.1) is 27.0 Å². The van der Waals surface area contributed by atoms with Gasteiger partial charge in [0.1, 0.15) is 28.7 Å². The molecule has 0 fully saturated rings. The number of hydrogen-bond acceptors (Lipinski definition) is 7. The van der Waals surface area contributed by atoms with Crippen LogP contribution in [0.4, 0.5) is 5.69 Å². The molecule has 2 amide bonds. The van der Waals surface area contributed by atoms with Crippen molar-refractivity contribution in [2.24, 2.45) is 0 Å². The molecule has 1 heterocycles. The molecule has 0 saturated heterocycles. The molecule has 9 nitrogen and oxygen atoms in total. The monoisotopic (exact) mass is 460 g/mol. The molecule has 1 aliphatic rings. The fourth-order valence-corrected chi connectivity index (χ4v) is 5.20. The third kappa shape index (κ3) is 4.26. The largest absolute Gasteiger partial charge is 0.497 e. The Hall–Kier alpha value is -3.53. The van der Waals surface area contributed by atoms with Gasteiger partial charge in [0, 0.05) is 11.6 Å². The smallest absolute Gasteiger partial charge is 0.268 e. The minimum absolute atomic E-state index is 0.0978. The summed E-state index contributed by atoms with van der Waals surface area (Å²) in [4.78, 5) is 25.5. The lowest BCUT2D eigenvalue weighted by molar-refractivity contribution is -0.126. The van der Waals surface area contributed by atoms with Crippen LogP contribution in [0.25, 0.3) is 4.91 Å². The maximum atomic E-state index is 13.2. The molecule has 1 aliphatic heterocycles. The van der Waals surface area contributed by atoms with E-state index in [0.29, 0.717) is 32.8 Å². The fourth-order valence-electron chi connectivity index (χ4n) is 3.39. The van der Waals surface area contributed by atoms with Crippen LogP contribution in [0.2, 0.25) is 0 Å². The van der Waals surface area contributed by atoms with Crippen LogP contribution < -0.4 is 19.5 Å². The van der Waals surface area contributed by atoms with Crippen LogP contribution in [0.5, 0.6) is 17.2 Å². The van der Waals surface area contributed by atoms with Gasteiger partial charge in [-0.25, -0.2) is 12.7 Å². The second-order valence-electron chi connectivity index (χ2n) is 6.82. The topological polar surface area (TPSA) is 111 Å². The zero-order valence-corrected chi connectivity index (χ0v) is 19.0. The van der Waals surface area contributed by atoms with Crippen molar-refractivity contribution >= 4 is 32.4 Å². The SMILES string of the molecule is CCC1=C(c2ccc(OC)cc2)S(=O)(=O)N(CC(=O)Nc2cc(OC)ccc2OC)C1=O. The minimum atomic E-state index is -4.22. The number of benzene rings is 2. The number of sulfonamides is 1. The highest BCUT2D eigenvalue weighted by atomic mass is 32.2. The van der Waals surface area contributed by atoms with Crippen molar-refractivity contribution in [2.45, 2.75) is 13.3 Å². The van der Waals surface area contributed by atoms with E-state index in [4.69, 9.17) is 14.2 Å². The normalized spacial score (nSPS) is 15.0. The lowest BCUT2D eigenvalue weighted by Crippen LogP contribution is -2.38. The van der Waals surface area contributed by atoms with Crippen LogP contribution in [0.15, 0.2) is 48.0 Å². The Labute approximate surface area is 186 Å². The summed E-state index contributed by atoms with van der Waals surface area (Å²) in [6, 6.07) is 11.2. The van der Waals surface area contributed by atoms with Crippen LogP contribution in [0, 0.1) is 0 Å². The Balaban J connectivity index is 1.88. The van der Waals surface area contributed by atoms with Gasteiger partial charge in [0.15, 0.2) is 0 Å². The first-order valence-electron chi connectivity index (χ1n) is 9.73. The lowest BCUT2D eigenvalue weighted by atomic mass is 10.1. The van der Waals surface area contributed by atoms with E-state index < -0.39 is 28.4 Å². The molecule has 170 valence electrons. The molecule has 1 N–H and O–H groups in total. The van der Waals surface area contributed by atoms with E-state index in [2.05, 4.69) is 5.32 Å². The third-order valence-electron chi connectivity index (χ3n) is 4.98. The van der Waals surface area contributed by atoms with Crippen molar-refractivity contribution in [3.63, 3.8) is 0 Å². The number of hydrogen-bond donors (Lipinski definition) is 1. The van der Waals surface area contributed by atoms with Crippen molar-refractivity contribution < 1.29 is 32.2 Å². The average Bonchev–Trinajstić information content (AvgIpc) is 2.98. The van der Waals surface area contributed by atoms with Gasteiger partial charge in [-0.3, -0.25) is 9.59 Å². The highest BCUT2D eigenvalue weighted by molar-refractivity contribution is 7.99. The molecule has 0 aromatic heterocycles. The number of ether oxygens (including phenoxy) is 3. The quantitative estimate of drug-likeness (QED) is 0.645. The first-order chi connectivity index (χ1) is 15.3. The highest BCUT2D eigenvalue weighted by Crippen LogP contribution is 2.37. The van der Waals surface area contributed by atoms with Gasteiger partial charge in [0.2, 0.25) is 5.91 Å². The van der Waals surface area contributed by atoms with E-state index in [1.54, 1.807) is 43.3 Å².